The van der Waals surface area contributed by atoms with Gasteiger partial charge in [0.15, 0.2) is 0 Å². The Kier molecular flexibility index (Phi) is 10.1. The number of rotatable bonds is 12. The van der Waals surface area contributed by atoms with Crippen molar-refractivity contribution in [2.24, 2.45) is 11.8 Å². The van der Waals surface area contributed by atoms with Crippen LogP contribution in [0.25, 0.3) is 0 Å². The number of aliphatic carboxylic acids is 1. The monoisotopic (exact) mass is 535 g/mol. The molecule has 39 heavy (non-hydrogen) atoms. The Morgan fingerprint density at radius 3 is 2.44 bits per heavy atom. The second-order valence-corrected chi connectivity index (χ2v) is 10.1. The number of ether oxygens (including phenoxy) is 1. The summed E-state index contributed by atoms with van der Waals surface area (Å²) >= 11 is 0. The van der Waals surface area contributed by atoms with Gasteiger partial charge in [-0.25, -0.2) is 9.78 Å². The number of aryl methyl sites for hydroxylation is 1. The number of hydrogen-bond donors (Lipinski definition) is 4. The van der Waals surface area contributed by atoms with E-state index in [1.165, 1.54) is 7.11 Å². The van der Waals surface area contributed by atoms with E-state index in [1.54, 1.807) is 42.2 Å². The predicted molar refractivity (Wildman–Crippen MR) is 150 cm³/mol. The molecule has 2 unspecified atom stereocenters. The van der Waals surface area contributed by atoms with Crippen molar-refractivity contribution in [3.8, 4) is 5.75 Å². The number of carboxylic acids is 1. The van der Waals surface area contributed by atoms with Crippen LogP contribution in [0, 0.1) is 18.8 Å². The van der Waals surface area contributed by atoms with E-state index >= 15 is 0 Å². The van der Waals surface area contributed by atoms with Gasteiger partial charge in [-0.1, -0.05) is 45.0 Å². The zero-order valence-corrected chi connectivity index (χ0v) is 23.0. The van der Waals surface area contributed by atoms with Gasteiger partial charge in [0.2, 0.25) is 5.91 Å². The minimum absolute atomic E-state index is 0.109. The Bertz CT molecular complexity index is 1300. The van der Waals surface area contributed by atoms with Crippen LogP contribution in [-0.2, 0) is 22.6 Å². The first-order chi connectivity index (χ1) is 18.5. The Morgan fingerprint density at radius 2 is 1.77 bits per heavy atom. The highest BCUT2D eigenvalue weighted by Gasteiger charge is 2.21. The molecule has 1 heterocycles. The van der Waals surface area contributed by atoms with Gasteiger partial charge in [-0.05, 0) is 48.6 Å². The number of para-hydroxylation sites is 1. The fourth-order valence-corrected chi connectivity index (χ4v) is 4.15. The van der Waals surface area contributed by atoms with Crippen molar-refractivity contribution in [3.63, 3.8) is 0 Å². The molecule has 0 saturated carbocycles. The summed E-state index contributed by atoms with van der Waals surface area (Å²) in [6.45, 7) is 7.98. The van der Waals surface area contributed by atoms with Crippen LogP contribution >= 0.6 is 0 Å². The maximum absolute atomic E-state index is 13.0. The molecule has 208 valence electrons. The van der Waals surface area contributed by atoms with Crippen LogP contribution in [0.1, 0.15) is 50.1 Å². The molecule has 10 heteroatoms. The highest BCUT2D eigenvalue weighted by molar-refractivity contribution is 6.01. The number of anilines is 2. The first-order valence-electron chi connectivity index (χ1n) is 12.9. The van der Waals surface area contributed by atoms with Gasteiger partial charge in [0.1, 0.15) is 5.75 Å². The fourth-order valence-electron chi connectivity index (χ4n) is 4.15. The molecule has 2 aromatic carbocycles. The molecule has 0 aliphatic heterocycles. The summed E-state index contributed by atoms with van der Waals surface area (Å²) in [7, 11) is 1.50. The number of imidazole rings is 1. The molecule has 3 rings (SSSR count). The highest BCUT2D eigenvalue weighted by atomic mass is 16.5. The van der Waals surface area contributed by atoms with Crippen molar-refractivity contribution in [1.82, 2.24) is 14.9 Å². The number of urea groups is 1. The van der Waals surface area contributed by atoms with Crippen LogP contribution < -0.4 is 20.7 Å². The number of amides is 3. The Labute approximate surface area is 228 Å². The zero-order chi connectivity index (χ0) is 28.5. The van der Waals surface area contributed by atoms with E-state index in [1.807, 2.05) is 31.2 Å². The van der Waals surface area contributed by atoms with Gasteiger partial charge in [0, 0.05) is 18.4 Å². The smallest absolute Gasteiger partial charge is 0.323 e. The quantitative estimate of drug-likeness (QED) is 0.258. The zero-order valence-electron chi connectivity index (χ0n) is 23.0. The molecule has 0 radical (unpaired) electrons. The number of carbonyl (C=O) groups excluding carboxylic acids is 2. The minimum atomic E-state index is -0.874. The van der Waals surface area contributed by atoms with Crippen molar-refractivity contribution in [1.29, 1.82) is 0 Å². The molecule has 1 aromatic heterocycles. The summed E-state index contributed by atoms with van der Waals surface area (Å²) in [5, 5.41) is 17.9. The van der Waals surface area contributed by atoms with Gasteiger partial charge in [-0.15, -0.1) is 0 Å². The lowest BCUT2D eigenvalue weighted by molar-refractivity contribution is -0.141. The van der Waals surface area contributed by atoms with Crippen LogP contribution in [0.4, 0.5) is 16.2 Å². The lowest BCUT2D eigenvalue weighted by Gasteiger charge is -2.19. The molecular weight excluding hydrogens is 498 g/mol. The maximum atomic E-state index is 13.0. The van der Waals surface area contributed by atoms with E-state index in [0.29, 0.717) is 41.7 Å². The largest absolute Gasteiger partial charge is 0.495 e. The molecule has 3 amide bonds. The third kappa shape index (κ3) is 8.59. The molecule has 0 saturated heterocycles. The van der Waals surface area contributed by atoms with Crippen molar-refractivity contribution < 1.29 is 24.2 Å². The SMILES string of the molecule is COc1cc(CC(=O)NC(CC(C)C)c2cn(CC(C)C(=O)O)cn2)ccc1NC(=O)Nc1ccccc1C. The van der Waals surface area contributed by atoms with Crippen molar-refractivity contribution >= 4 is 29.3 Å². The average molecular weight is 536 g/mol. The molecule has 4 N–H and O–H groups in total. The molecular formula is C29H37N5O5. The van der Waals surface area contributed by atoms with Crippen LogP contribution in [-0.4, -0.2) is 39.7 Å². The standard InChI is InChI=1S/C29H37N5O5/c1-18(2)12-24(25-16-34(17-30-25)15-20(4)28(36)37)31-27(35)14-21-10-11-23(26(13-21)39-5)33-29(38)32-22-9-7-6-8-19(22)3/h6-11,13,16-18,20,24H,12,14-15H2,1-5H3,(H,31,35)(H,36,37)(H2,32,33,38). The number of aromatic nitrogens is 2. The van der Waals surface area contributed by atoms with Gasteiger partial charge < -0.3 is 30.4 Å². The van der Waals surface area contributed by atoms with Gasteiger partial charge in [0.05, 0.1) is 43.2 Å². The molecule has 0 spiro atoms. The van der Waals surface area contributed by atoms with Gasteiger partial charge >= 0.3 is 12.0 Å². The topological polar surface area (TPSA) is 135 Å². The fraction of sp³-hybridized carbons (Fsp3) is 0.379. The molecule has 2 atom stereocenters. The highest BCUT2D eigenvalue weighted by Crippen LogP contribution is 2.27. The van der Waals surface area contributed by atoms with E-state index in [-0.39, 0.29) is 18.4 Å². The van der Waals surface area contributed by atoms with Crippen molar-refractivity contribution in [2.75, 3.05) is 17.7 Å². The van der Waals surface area contributed by atoms with Crippen LogP contribution in [0.3, 0.4) is 0 Å². The first-order valence-corrected chi connectivity index (χ1v) is 12.9. The summed E-state index contributed by atoms with van der Waals surface area (Å²) in [6, 6.07) is 12.0. The third-order valence-corrected chi connectivity index (χ3v) is 6.23. The molecule has 0 aliphatic rings. The number of nitrogens with one attached hydrogen (secondary N) is 3. The molecule has 0 fully saturated rings. The lowest BCUT2D eigenvalue weighted by atomic mass is 10.0. The summed E-state index contributed by atoms with van der Waals surface area (Å²) < 4.78 is 7.20. The van der Waals surface area contributed by atoms with Crippen LogP contribution in [0.15, 0.2) is 55.0 Å². The number of benzene rings is 2. The van der Waals surface area contributed by atoms with E-state index < -0.39 is 17.9 Å². The van der Waals surface area contributed by atoms with Gasteiger partial charge in [-0.3, -0.25) is 9.59 Å². The van der Waals surface area contributed by atoms with E-state index in [9.17, 15) is 19.5 Å². The number of methoxy groups -OCH3 is 1. The van der Waals surface area contributed by atoms with Crippen molar-refractivity contribution in [2.45, 2.75) is 53.1 Å². The number of carboxylic acid groups (broad SMARTS) is 1. The van der Waals surface area contributed by atoms with Crippen molar-refractivity contribution in [3.05, 3.63) is 71.8 Å². The van der Waals surface area contributed by atoms with Gasteiger partial charge in [0.25, 0.3) is 0 Å². The number of carbonyl (C=O) groups is 3. The molecule has 0 bridgehead atoms. The van der Waals surface area contributed by atoms with Gasteiger partial charge in [-0.2, -0.15) is 0 Å². The average Bonchev–Trinajstić information content (AvgIpc) is 3.34. The Morgan fingerprint density at radius 1 is 1.05 bits per heavy atom. The summed E-state index contributed by atoms with van der Waals surface area (Å²) in [5.74, 6) is -0.874. The second-order valence-electron chi connectivity index (χ2n) is 10.1. The normalized spacial score (nSPS) is 12.5. The minimum Gasteiger partial charge on any atom is -0.495 e. The molecule has 3 aromatic rings. The first kappa shape index (κ1) is 29.2. The summed E-state index contributed by atoms with van der Waals surface area (Å²) in [6.07, 6.45) is 4.18. The predicted octanol–water partition coefficient (Wildman–Crippen LogP) is 5.01. The molecule has 10 nitrogen and oxygen atoms in total. The third-order valence-electron chi connectivity index (χ3n) is 6.23. The Hall–Kier alpha value is -4.34. The summed E-state index contributed by atoms with van der Waals surface area (Å²) in [5.41, 5.74) is 3.54. The van der Waals surface area contributed by atoms with Crippen LogP contribution in [0.2, 0.25) is 0 Å². The summed E-state index contributed by atoms with van der Waals surface area (Å²) in [4.78, 5) is 41.2. The maximum Gasteiger partial charge on any atom is 0.323 e. The van der Waals surface area contributed by atoms with E-state index in [2.05, 4.69) is 34.8 Å². The number of hydrogen-bond acceptors (Lipinski definition) is 5. The molecule has 0 aliphatic carbocycles. The van der Waals surface area contributed by atoms with E-state index in [4.69, 9.17) is 4.74 Å². The van der Waals surface area contributed by atoms with E-state index in [0.717, 1.165) is 11.1 Å². The lowest BCUT2D eigenvalue weighted by Crippen LogP contribution is -2.31. The van der Waals surface area contributed by atoms with Crippen LogP contribution in [0.5, 0.6) is 5.75 Å². The number of nitrogens with zero attached hydrogens (tertiary/aromatic N) is 2. The second kappa shape index (κ2) is 13.5. The Balaban J connectivity index is 1.65.